The van der Waals surface area contributed by atoms with Crippen LogP contribution in [0.2, 0.25) is 0 Å². The molecule has 1 atom stereocenters. The number of hydrogen-bond acceptors (Lipinski definition) is 4. The lowest BCUT2D eigenvalue weighted by Gasteiger charge is -2.23. The molecule has 0 fully saturated rings. The number of nitrogens with one attached hydrogen (secondary N) is 1. The molecule has 0 saturated heterocycles. The molecule has 0 aliphatic carbocycles. The predicted octanol–water partition coefficient (Wildman–Crippen LogP) is 8.54. The first-order valence-corrected chi connectivity index (χ1v) is 13.9. The van der Waals surface area contributed by atoms with E-state index in [4.69, 9.17) is 9.98 Å². The molecular weight excluding hydrogens is 512 g/mol. The van der Waals surface area contributed by atoms with Gasteiger partial charge >= 0.3 is 0 Å². The molecule has 1 heterocycles. The van der Waals surface area contributed by atoms with Crippen molar-refractivity contribution in [3.63, 3.8) is 0 Å². The Balaban J connectivity index is 1.28. The Morgan fingerprint density at radius 3 is 1.95 bits per heavy atom. The number of amidine groups is 2. The van der Waals surface area contributed by atoms with Crippen molar-refractivity contribution in [1.82, 2.24) is 5.32 Å². The Bertz CT molecular complexity index is 1980. The highest BCUT2D eigenvalue weighted by Gasteiger charge is 2.21. The zero-order valence-corrected chi connectivity index (χ0v) is 22.8. The minimum Gasteiger partial charge on any atom is -0.344 e. The van der Waals surface area contributed by atoms with E-state index in [-0.39, 0.29) is 6.17 Å². The molecule has 4 nitrogen and oxygen atoms in total. The second kappa shape index (κ2) is 11.0. The minimum atomic E-state index is -0.232. The molecular formula is C38H26N4. The maximum absolute atomic E-state index is 9.26. The van der Waals surface area contributed by atoms with E-state index in [2.05, 4.69) is 96.3 Å². The van der Waals surface area contributed by atoms with E-state index < -0.39 is 0 Å². The summed E-state index contributed by atoms with van der Waals surface area (Å²) in [6.07, 6.45) is -0.232. The summed E-state index contributed by atoms with van der Waals surface area (Å²) < 4.78 is 0. The van der Waals surface area contributed by atoms with E-state index in [1.807, 2.05) is 60.7 Å². The van der Waals surface area contributed by atoms with Gasteiger partial charge in [-0.3, -0.25) is 0 Å². The average Bonchev–Trinajstić information content (AvgIpc) is 3.08. The van der Waals surface area contributed by atoms with Gasteiger partial charge in [0.05, 0.1) is 11.6 Å². The summed E-state index contributed by atoms with van der Waals surface area (Å²) in [6.45, 7) is 0. The number of aliphatic imine (C=N–C) groups is 2. The zero-order valence-electron chi connectivity index (χ0n) is 22.8. The van der Waals surface area contributed by atoms with Gasteiger partial charge in [0.2, 0.25) is 0 Å². The second-order valence-electron chi connectivity index (χ2n) is 10.2. The molecule has 7 rings (SSSR count). The molecule has 6 aromatic rings. The van der Waals surface area contributed by atoms with Gasteiger partial charge in [0.15, 0.2) is 5.84 Å². The Hall–Kier alpha value is -5.79. The molecule has 6 aromatic carbocycles. The molecule has 1 N–H and O–H groups in total. The topological polar surface area (TPSA) is 60.5 Å². The molecule has 0 amide bonds. The number of fused-ring (bicyclic) bond motifs is 1. The lowest BCUT2D eigenvalue weighted by atomic mass is 9.92. The number of nitrogens with zero attached hydrogens (tertiary/aromatic N) is 3. The molecule has 198 valence electrons. The summed E-state index contributed by atoms with van der Waals surface area (Å²) in [7, 11) is 0. The highest BCUT2D eigenvalue weighted by Crippen LogP contribution is 2.34. The third-order valence-corrected chi connectivity index (χ3v) is 7.57. The van der Waals surface area contributed by atoms with Crippen LogP contribution < -0.4 is 5.32 Å². The van der Waals surface area contributed by atoms with Gasteiger partial charge in [-0.15, -0.1) is 0 Å². The van der Waals surface area contributed by atoms with Crippen molar-refractivity contribution >= 4 is 22.4 Å². The summed E-state index contributed by atoms with van der Waals surface area (Å²) in [5, 5.41) is 15.1. The number of benzene rings is 6. The third-order valence-electron chi connectivity index (χ3n) is 7.57. The van der Waals surface area contributed by atoms with Crippen LogP contribution in [0, 0.1) is 11.3 Å². The fraction of sp³-hybridized carbons (Fsp3) is 0.0263. The first kappa shape index (κ1) is 25.2. The normalized spacial score (nSPS) is 14.4. The highest BCUT2D eigenvalue weighted by atomic mass is 15.2. The number of rotatable bonds is 5. The summed E-state index contributed by atoms with van der Waals surface area (Å²) in [6, 6.07) is 51.8. The minimum absolute atomic E-state index is 0.232. The van der Waals surface area contributed by atoms with Crippen molar-refractivity contribution in [2.75, 3.05) is 0 Å². The van der Waals surface area contributed by atoms with Crippen molar-refractivity contribution in [3.05, 3.63) is 168 Å². The Morgan fingerprint density at radius 1 is 0.571 bits per heavy atom. The van der Waals surface area contributed by atoms with E-state index >= 15 is 0 Å². The zero-order chi connectivity index (χ0) is 28.3. The quantitative estimate of drug-likeness (QED) is 0.239. The van der Waals surface area contributed by atoms with Crippen LogP contribution in [0.15, 0.2) is 156 Å². The fourth-order valence-corrected chi connectivity index (χ4v) is 5.38. The molecule has 1 aliphatic heterocycles. The van der Waals surface area contributed by atoms with Crippen LogP contribution in [0.25, 0.3) is 33.0 Å². The number of hydrogen-bond donors (Lipinski definition) is 1. The van der Waals surface area contributed by atoms with Gasteiger partial charge in [0.1, 0.15) is 12.0 Å². The SMILES string of the molecule is N#Cc1ccc(-c2cc(-c3ccc(C4=NC(c5ccccc5)NC(c5ccccc5)=N4)cc3)cc3ccccc23)cc1. The van der Waals surface area contributed by atoms with Crippen molar-refractivity contribution in [2.24, 2.45) is 9.98 Å². The maximum Gasteiger partial charge on any atom is 0.159 e. The Kier molecular flexibility index (Phi) is 6.60. The first-order valence-electron chi connectivity index (χ1n) is 13.9. The molecule has 0 radical (unpaired) electrons. The molecule has 0 aromatic heterocycles. The first-order chi connectivity index (χ1) is 20.7. The van der Waals surface area contributed by atoms with Gasteiger partial charge in [0.25, 0.3) is 0 Å². The smallest absolute Gasteiger partial charge is 0.159 e. The van der Waals surface area contributed by atoms with Crippen LogP contribution in [0.4, 0.5) is 0 Å². The largest absolute Gasteiger partial charge is 0.344 e. The van der Waals surface area contributed by atoms with Crippen LogP contribution in [0.5, 0.6) is 0 Å². The van der Waals surface area contributed by atoms with E-state index in [0.717, 1.165) is 44.8 Å². The monoisotopic (exact) mass is 538 g/mol. The Labute approximate surface area is 245 Å². The van der Waals surface area contributed by atoms with Crippen molar-refractivity contribution in [2.45, 2.75) is 6.17 Å². The predicted molar refractivity (Wildman–Crippen MR) is 171 cm³/mol. The lowest BCUT2D eigenvalue weighted by molar-refractivity contribution is 0.674. The second-order valence-corrected chi connectivity index (χ2v) is 10.2. The average molecular weight is 539 g/mol. The van der Waals surface area contributed by atoms with Crippen LogP contribution >= 0.6 is 0 Å². The van der Waals surface area contributed by atoms with E-state index in [1.54, 1.807) is 0 Å². The summed E-state index contributed by atoms with van der Waals surface area (Å²) >= 11 is 0. The van der Waals surface area contributed by atoms with E-state index in [0.29, 0.717) is 11.4 Å². The van der Waals surface area contributed by atoms with Crippen LogP contribution in [-0.4, -0.2) is 11.7 Å². The molecule has 1 aliphatic rings. The highest BCUT2D eigenvalue weighted by molar-refractivity contribution is 6.13. The van der Waals surface area contributed by atoms with Gasteiger partial charge in [-0.2, -0.15) is 5.26 Å². The standard InChI is InChI=1S/C38H26N4/c39-25-26-15-17-28(18-16-26)35-24-33(23-32-13-7-8-14-34(32)35)27-19-21-31(22-20-27)38-41-36(29-9-3-1-4-10-29)40-37(42-38)30-11-5-2-6-12-30/h1-24,36H,(H,40,41,42). The van der Waals surface area contributed by atoms with E-state index in [9.17, 15) is 5.26 Å². The maximum atomic E-state index is 9.26. The van der Waals surface area contributed by atoms with Gasteiger partial charge in [-0.25, -0.2) is 9.98 Å². The van der Waals surface area contributed by atoms with Gasteiger partial charge < -0.3 is 5.32 Å². The molecule has 42 heavy (non-hydrogen) atoms. The summed E-state index contributed by atoms with van der Waals surface area (Å²) in [5.41, 5.74) is 8.19. The van der Waals surface area contributed by atoms with Crippen LogP contribution in [-0.2, 0) is 0 Å². The summed E-state index contributed by atoms with van der Waals surface area (Å²) in [4.78, 5) is 9.95. The van der Waals surface area contributed by atoms with Crippen molar-refractivity contribution in [1.29, 1.82) is 5.26 Å². The molecule has 4 heteroatoms. The van der Waals surface area contributed by atoms with Crippen LogP contribution in [0.1, 0.15) is 28.4 Å². The fourth-order valence-electron chi connectivity index (χ4n) is 5.38. The van der Waals surface area contributed by atoms with Crippen molar-refractivity contribution in [3.8, 4) is 28.3 Å². The number of nitriles is 1. The van der Waals surface area contributed by atoms with Crippen molar-refractivity contribution < 1.29 is 0 Å². The van der Waals surface area contributed by atoms with Gasteiger partial charge in [0, 0.05) is 11.1 Å². The summed E-state index contributed by atoms with van der Waals surface area (Å²) in [5.74, 6) is 1.50. The third kappa shape index (κ3) is 4.96. The molecule has 1 unspecified atom stereocenters. The van der Waals surface area contributed by atoms with Crippen LogP contribution in [0.3, 0.4) is 0 Å². The van der Waals surface area contributed by atoms with E-state index in [1.165, 1.54) is 10.8 Å². The Morgan fingerprint density at radius 2 is 1.21 bits per heavy atom. The van der Waals surface area contributed by atoms with Gasteiger partial charge in [-0.1, -0.05) is 121 Å². The molecule has 0 saturated carbocycles. The molecule has 0 spiro atoms. The van der Waals surface area contributed by atoms with Gasteiger partial charge in [-0.05, 0) is 62.9 Å². The molecule has 0 bridgehead atoms. The lowest BCUT2D eigenvalue weighted by Crippen LogP contribution is -2.33.